The van der Waals surface area contributed by atoms with Crippen molar-refractivity contribution >= 4 is 11.9 Å². The maximum atomic E-state index is 12.3. The zero-order valence-electron chi connectivity index (χ0n) is 11.6. The van der Waals surface area contributed by atoms with E-state index in [0.29, 0.717) is 12.5 Å². The predicted molar refractivity (Wildman–Crippen MR) is 67.1 cm³/mol. The van der Waals surface area contributed by atoms with Gasteiger partial charge in [0.15, 0.2) is 0 Å². The molecule has 7 heteroatoms. The Morgan fingerprint density at radius 2 is 2.00 bits per heavy atom. The van der Waals surface area contributed by atoms with E-state index in [1.165, 1.54) is 0 Å². The number of carbonyl (C=O) groups excluding carboxylic acids is 1. The van der Waals surface area contributed by atoms with Crippen molar-refractivity contribution in [2.45, 2.75) is 39.3 Å². The Morgan fingerprint density at radius 3 is 2.44 bits per heavy atom. The molecule has 2 heterocycles. The molecular weight excluding hydrogens is 232 g/mol. The molecule has 1 saturated heterocycles. The van der Waals surface area contributed by atoms with Crippen molar-refractivity contribution in [2.75, 3.05) is 18.0 Å². The maximum Gasteiger partial charge on any atom is 0.245 e. The highest BCUT2D eigenvalue weighted by molar-refractivity contribution is 5.83. The Kier molecular flexibility index (Phi) is 3.00. The standard InChI is InChI=1S/C11H20N6O/c1-8(2)17-9(18)6-16(7-11(17,3)4)10-12-13-14-15(10)5/h8H,6-7H2,1-5H3. The van der Waals surface area contributed by atoms with Crippen LogP contribution in [0.25, 0.3) is 0 Å². The average molecular weight is 252 g/mol. The lowest BCUT2D eigenvalue weighted by Crippen LogP contribution is -2.64. The van der Waals surface area contributed by atoms with Gasteiger partial charge in [-0.25, -0.2) is 4.68 Å². The van der Waals surface area contributed by atoms with Gasteiger partial charge in [-0.05, 0) is 38.1 Å². The van der Waals surface area contributed by atoms with Gasteiger partial charge in [0, 0.05) is 19.6 Å². The molecule has 100 valence electrons. The number of rotatable bonds is 2. The van der Waals surface area contributed by atoms with Gasteiger partial charge in [0.05, 0.1) is 5.54 Å². The maximum absolute atomic E-state index is 12.3. The monoisotopic (exact) mass is 252 g/mol. The Morgan fingerprint density at radius 1 is 1.33 bits per heavy atom. The second kappa shape index (κ2) is 4.22. The second-order valence-electron chi connectivity index (χ2n) is 5.63. The highest BCUT2D eigenvalue weighted by atomic mass is 16.2. The fraction of sp³-hybridized carbons (Fsp3) is 0.818. The summed E-state index contributed by atoms with van der Waals surface area (Å²) in [5.74, 6) is 0.754. The number of carbonyl (C=O) groups is 1. The van der Waals surface area contributed by atoms with E-state index in [-0.39, 0.29) is 17.5 Å². The van der Waals surface area contributed by atoms with Crippen LogP contribution in [0.4, 0.5) is 5.95 Å². The smallest absolute Gasteiger partial charge is 0.245 e. The van der Waals surface area contributed by atoms with E-state index in [9.17, 15) is 4.79 Å². The van der Waals surface area contributed by atoms with Crippen LogP contribution in [0.1, 0.15) is 27.7 Å². The zero-order chi connectivity index (χ0) is 13.5. The molecule has 18 heavy (non-hydrogen) atoms. The number of aromatic nitrogens is 4. The molecule has 0 bridgehead atoms. The first-order valence-corrected chi connectivity index (χ1v) is 6.12. The lowest BCUT2D eigenvalue weighted by Gasteiger charge is -2.48. The second-order valence-corrected chi connectivity index (χ2v) is 5.63. The van der Waals surface area contributed by atoms with Gasteiger partial charge in [-0.3, -0.25) is 4.79 Å². The van der Waals surface area contributed by atoms with Crippen LogP contribution in [0.5, 0.6) is 0 Å². The largest absolute Gasteiger partial charge is 0.332 e. The molecular formula is C11H20N6O. The van der Waals surface area contributed by atoms with Gasteiger partial charge in [0.2, 0.25) is 11.9 Å². The van der Waals surface area contributed by atoms with E-state index in [4.69, 9.17) is 0 Å². The summed E-state index contributed by atoms with van der Waals surface area (Å²) < 4.78 is 1.59. The first-order valence-electron chi connectivity index (χ1n) is 6.12. The van der Waals surface area contributed by atoms with Gasteiger partial charge >= 0.3 is 0 Å². The van der Waals surface area contributed by atoms with Crippen LogP contribution in [-0.4, -0.2) is 55.7 Å². The van der Waals surface area contributed by atoms with E-state index in [0.717, 1.165) is 6.54 Å². The van der Waals surface area contributed by atoms with Crippen LogP contribution >= 0.6 is 0 Å². The van der Waals surface area contributed by atoms with Gasteiger partial charge in [0.25, 0.3) is 0 Å². The summed E-state index contributed by atoms with van der Waals surface area (Å²) >= 11 is 0. The van der Waals surface area contributed by atoms with Gasteiger partial charge in [0.1, 0.15) is 6.54 Å². The normalized spacial score (nSPS) is 19.8. The van der Waals surface area contributed by atoms with Crippen molar-refractivity contribution in [3.05, 3.63) is 0 Å². The van der Waals surface area contributed by atoms with Crippen molar-refractivity contribution in [3.63, 3.8) is 0 Å². The van der Waals surface area contributed by atoms with Crippen LogP contribution in [-0.2, 0) is 11.8 Å². The minimum absolute atomic E-state index is 0.115. The van der Waals surface area contributed by atoms with Crippen molar-refractivity contribution in [1.29, 1.82) is 0 Å². The van der Waals surface area contributed by atoms with Crippen molar-refractivity contribution in [1.82, 2.24) is 25.1 Å². The number of nitrogens with zero attached hydrogens (tertiary/aromatic N) is 6. The van der Waals surface area contributed by atoms with Gasteiger partial charge < -0.3 is 9.80 Å². The Balaban J connectivity index is 2.27. The zero-order valence-corrected chi connectivity index (χ0v) is 11.6. The molecule has 7 nitrogen and oxygen atoms in total. The lowest BCUT2D eigenvalue weighted by atomic mass is 9.96. The molecule has 1 aromatic heterocycles. The molecule has 0 spiro atoms. The Labute approximate surface area is 107 Å². The summed E-state index contributed by atoms with van der Waals surface area (Å²) in [6.45, 7) is 9.28. The first kappa shape index (κ1) is 12.8. The van der Waals surface area contributed by atoms with E-state index in [1.807, 2.05) is 23.6 Å². The molecule has 0 N–H and O–H groups in total. The van der Waals surface area contributed by atoms with Crippen LogP contribution < -0.4 is 4.90 Å². The summed E-state index contributed by atoms with van der Waals surface area (Å²) in [4.78, 5) is 16.1. The number of amides is 1. The highest BCUT2D eigenvalue weighted by Gasteiger charge is 2.40. The molecule has 0 aliphatic carbocycles. The number of tetrazole rings is 1. The van der Waals surface area contributed by atoms with E-state index >= 15 is 0 Å². The number of aryl methyl sites for hydroxylation is 1. The van der Waals surface area contributed by atoms with Crippen LogP contribution in [0.2, 0.25) is 0 Å². The third kappa shape index (κ3) is 2.04. The molecule has 1 fully saturated rings. The first-order chi connectivity index (χ1) is 8.33. The van der Waals surface area contributed by atoms with Gasteiger partial charge in [-0.2, -0.15) is 0 Å². The summed E-state index contributed by atoms with van der Waals surface area (Å²) in [5.41, 5.74) is -0.227. The SMILES string of the molecule is CC(C)N1C(=O)CN(c2nnnn2C)CC1(C)C. The van der Waals surface area contributed by atoms with Gasteiger partial charge in [-0.1, -0.05) is 5.10 Å². The molecule has 0 saturated carbocycles. The molecule has 0 aromatic carbocycles. The average Bonchev–Trinajstić information content (AvgIpc) is 2.60. The van der Waals surface area contributed by atoms with Gasteiger partial charge in [-0.15, -0.1) is 0 Å². The van der Waals surface area contributed by atoms with E-state index in [2.05, 4.69) is 29.4 Å². The van der Waals surface area contributed by atoms with Crippen molar-refractivity contribution in [2.24, 2.45) is 7.05 Å². The number of piperazine rings is 1. The molecule has 2 rings (SSSR count). The number of hydrogen-bond donors (Lipinski definition) is 0. The summed E-state index contributed by atoms with van der Waals surface area (Å²) in [6, 6.07) is 0.201. The fourth-order valence-electron chi connectivity index (χ4n) is 2.80. The predicted octanol–water partition coefficient (Wildman–Crippen LogP) is 0.0457. The molecule has 0 unspecified atom stereocenters. The molecule has 0 atom stereocenters. The van der Waals surface area contributed by atoms with Crippen LogP contribution in [0, 0.1) is 0 Å². The third-order valence-electron chi connectivity index (χ3n) is 3.22. The minimum Gasteiger partial charge on any atom is -0.332 e. The van der Waals surface area contributed by atoms with Crippen LogP contribution in [0.3, 0.4) is 0 Å². The van der Waals surface area contributed by atoms with Crippen LogP contribution in [0.15, 0.2) is 0 Å². The summed E-state index contributed by atoms with van der Waals surface area (Å²) in [6.07, 6.45) is 0. The molecule has 1 aliphatic heterocycles. The quantitative estimate of drug-likeness (QED) is 0.744. The minimum atomic E-state index is -0.227. The molecule has 0 radical (unpaired) electrons. The highest BCUT2D eigenvalue weighted by Crippen LogP contribution is 2.26. The Bertz CT molecular complexity index is 452. The van der Waals surface area contributed by atoms with E-state index < -0.39 is 0 Å². The lowest BCUT2D eigenvalue weighted by molar-refractivity contribution is -0.139. The Hall–Kier alpha value is -1.66. The molecule has 1 aromatic rings. The van der Waals surface area contributed by atoms with Crippen molar-refractivity contribution < 1.29 is 4.79 Å². The third-order valence-corrected chi connectivity index (χ3v) is 3.22. The fourth-order valence-corrected chi connectivity index (χ4v) is 2.80. The summed E-state index contributed by atoms with van der Waals surface area (Å²) in [7, 11) is 1.78. The number of hydrogen-bond acceptors (Lipinski definition) is 5. The van der Waals surface area contributed by atoms with Crippen molar-refractivity contribution in [3.8, 4) is 0 Å². The summed E-state index contributed by atoms with van der Waals surface area (Å²) in [5, 5.41) is 11.4. The topological polar surface area (TPSA) is 67.2 Å². The molecule has 1 amide bonds. The van der Waals surface area contributed by atoms with E-state index in [1.54, 1.807) is 11.7 Å². The molecule has 1 aliphatic rings. The number of anilines is 1.